The molecular formula is C20H15F4N3O3S. The molecule has 0 fully saturated rings. The van der Waals surface area contributed by atoms with E-state index in [9.17, 15) is 27.2 Å². The summed E-state index contributed by atoms with van der Waals surface area (Å²) in [5.41, 5.74) is 0.125. The number of ether oxygens (including phenoxy) is 1. The first kappa shape index (κ1) is 22.2. The SMILES string of the molecule is Cc1c(C(F)(F)F)n(C)c(=O)n(-c2cc(Oc3ccccc3)c(C(N)=S)cc2F)c1=O. The summed E-state index contributed by atoms with van der Waals surface area (Å²) in [6.45, 7) is 0.907. The van der Waals surface area contributed by atoms with E-state index in [2.05, 4.69) is 0 Å². The minimum atomic E-state index is -4.95. The number of thiocarbonyl (C=S) groups is 1. The molecule has 2 N–H and O–H groups in total. The van der Waals surface area contributed by atoms with Gasteiger partial charge in [-0.1, -0.05) is 30.4 Å². The van der Waals surface area contributed by atoms with Gasteiger partial charge in [0, 0.05) is 18.7 Å². The molecule has 0 unspecified atom stereocenters. The van der Waals surface area contributed by atoms with Crippen LogP contribution in [0.5, 0.6) is 11.5 Å². The minimum Gasteiger partial charge on any atom is -0.457 e. The van der Waals surface area contributed by atoms with Crippen molar-refractivity contribution in [1.29, 1.82) is 0 Å². The number of para-hydroxylation sites is 1. The third-order valence-corrected chi connectivity index (χ3v) is 4.71. The maximum absolute atomic E-state index is 14.9. The van der Waals surface area contributed by atoms with Gasteiger partial charge in [0.15, 0.2) is 0 Å². The van der Waals surface area contributed by atoms with Crippen molar-refractivity contribution in [3.63, 3.8) is 0 Å². The van der Waals surface area contributed by atoms with Gasteiger partial charge in [0.1, 0.15) is 28.0 Å². The second-order valence-corrected chi connectivity index (χ2v) is 6.97. The molecule has 1 aromatic heterocycles. The summed E-state index contributed by atoms with van der Waals surface area (Å²) in [5, 5.41) is 0. The Balaban J connectivity index is 2.32. The Labute approximate surface area is 178 Å². The number of nitrogens with two attached hydrogens (primary N) is 1. The summed E-state index contributed by atoms with van der Waals surface area (Å²) >= 11 is 4.91. The van der Waals surface area contributed by atoms with Crippen LogP contribution in [0.2, 0.25) is 0 Å². The quantitative estimate of drug-likeness (QED) is 0.484. The highest BCUT2D eigenvalue weighted by atomic mass is 32.1. The first-order valence-electron chi connectivity index (χ1n) is 8.70. The van der Waals surface area contributed by atoms with Crippen molar-refractivity contribution in [3.05, 3.63) is 85.9 Å². The lowest BCUT2D eigenvalue weighted by Gasteiger charge is -2.18. The third kappa shape index (κ3) is 4.08. The zero-order valence-electron chi connectivity index (χ0n) is 16.2. The molecule has 0 amide bonds. The lowest BCUT2D eigenvalue weighted by molar-refractivity contribution is -0.144. The van der Waals surface area contributed by atoms with Gasteiger partial charge in [0.25, 0.3) is 5.56 Å². The summed E-state index contributed by atoms with van der Waals surface area (Å²) in [7, 11) is 0.844. The molecule has 11 heteroatoms. The van der Waals surface area contributed by atoms with Crippen LogP contribution in [0.15, 0.2) is 52.1 Å². The molecule has 0 bridgehead atoms. The summed E-state index contributed by atoms with van der Waals surface area (Å²) in [5.74, 6) is -0.857. The van der Waals surface area contributed by atoms with Crippen molar-refractivity contribution < 1.29 is 22.3 Å². The Bertz CT molecular complexity index is 1260. The first-order valence-corrected chi connectivity index (χ1v) is 9.10. The fraction of sp³-hybridized carbons (Fsp3) is 0.150. The fourth-order valence-corrected chi connectivity index (χ4v) is 3.23. The van der Waals surface area contributed by atoms with Crippen molar-refractivity contribution in [2.24, 2.45) is 12.8 Å². The van der Waals surface area contributed by atoms with E-state index in [0.717, 1.165) is 26.1 Å². The van der Waals surface area contributed by atoms with E-state index >= 15 is 0 Å². The maximum Gasteiger partial charge on any atom is 0.432 e. The lowest BCUT2D eigenvalue weighted by atomic mass is 10.1. The van der Waals surface area contributed by atoms with Crippen LogP contribution in [0.1, 0.15) is 16.8 Å². The van der Waals surface area contributed by atoms with E-state index in [4.69, 9.17) is 22.7 Å². The van der Waals surface area contributed by atoms with Crippen LogP contribution >= 0.6 is 12.2 Å². The standard InChI is InChI=1S/C20H15F4N3O3S/c1-10-16(20(22,23)24)26(2)19(29)27(18(10)28)14-9-15(12(17(25)31)8-13(14)21)30-11-6-4-3-5-7-11/h3-9H,1-2H3,(H2,25,31). The van der Waals surface area contributed by atoms with Crippen LogP contribution in [0.3, 0.4) is 0 Å². The Morgan fingerprint density at radius 3 is 2.29 bits per heavy atom. The van der Waals surface area contributed by atoms with Crippen LogP contribution in [0.25, 0.3) is 5.69 Å². The van der Waals surface area contributed by atoms with Gasteiger partial charge in [-0.2, -0.15) is 13.2 Å². The van der Waals surface area contributed by atoms with Crippen LogP contribution < -0.4 is 21.7 Å². The molecule has 3 aromatic rings. The Kier molecular flexibility index (Phi) is 5.72. The minimum absolute atomic E-state index is 0.0198. The second-order valence-electron chi connectivity index (χ2n) is 6.53. The van der Waals surface area contributed by atoms with Crippen LogP contribution in [0, 0.1) is 12.7 Å². The monoisotopic (exact) mass is 453 g/mol. The molecule has 0 aliphatic carbocycles. The second kappa shape index (κ2) is 7.99. The smallest absolute Gasteiger partial charge is 0.432 e. The van der Waals surface area contributed by atoms with Gasteiger partial charge in [-0.3, -0.25) is 9.36 Å². The number of aromatic nitrogens is 2. The number of hydrogen-bond donors (Lipinski definition) is 1. The lowest BCUT2D eigenvalue weighted by Crippen LogP contribution is -2.43. The molecule has 0 aliphatic rings. The molecule has 31 heavy (non-hydrogen) atoms. The van der Waals surface area contributed by atoms with Crippen molar-refractivity contribution >= 4 is 17.2 Å². The predicted octanol–water partition coefficient (Wildman–Crippen LogP) is 3.43. The van der Waals surface area contributed by atoms with Crippen molar-refractivity contribution in [2.45, 2.75) is 13.1 Å². The van der Waals surface area contributed by atoms with Crippen LogP contribution in [-0.2, 0) is 13.2 Å². The Morgan fingerprint density at radius 2 is 1.74 bits per heavy atom. The van der Waals surface area contributed by atoms with Crippen molar-refractivity contribution in [2.75, 3.05) is 0 Å². The maximum atomic E-state index is 14.9. The molecule has 0 aliphatic heterocycles. The van der Waals surface area contributed by atoms with Crippen molar-refractivity contribution in [1.82, 2.24) is 9.13 Å². The van der Waals surface area contributed by atoms with Gasteiger partial charge in [-0.25, -0.2) is 13.8 Å². The van der Waals surface area contributed by atoms with E-state index in [1.54, 1.807) is 30.3 Å². The van der Waals surface area contributed by atoms with Gasteiger partial charge in [0.2, 0.25) is 0 Å². The van der Waals surface area contributed by atoms with E-state index in [-0.39, 0.29) is 20.9 Å². The number of alkyl halides is 3. The highest BCUT2D eigenvalue weighted by Gasteiger charge is 2.38. The highest BCUT2D eigenvalue weighted by Crippen LogP contribution is 2.31. The van der Waals surface area contributed by atoms with Crippen molar-refractivity contribution in [3.8, 4) is 17.2 Å². The normalized spacial score (nSPS) is 11.4. The molecule has 6 nitrogen and oxygen atoms in total. The fourth-order valence-electron chi connectivity index (χ4n) is 3.07. The van der Waals surface area contributed by atoms with Crippen LogP contribution in [-0.4, -0.2) is 14.1 Å². The summed E-state index contributed by atoms with van der Waals surface area (Å²) in [6.07, 6.45) is -4.95. The molecule has 0 spiro atoms. The number of nitrogens with zero attached hydrogens (tertiary/aromatic N) is 2. The average molecular weight is 453 g/mol. The molecule has 1 heterocycles. The molecule has 162 valence electrons. The average Bonchev–Trinajstić information content (AvgIpc) is 2.68. The predicted molar refractivity (Wildman–Crippen MR) is 109 cm³/mol. The number of rotatable bonds is 4. The van der Waals surface area contributed by atoms with Gasteiger partial charge in [-0.05, 0) is 25.1 Å². The molecule has 0 atom stereocenters. The first-order chi connectivity index (χ1) is 14.4. The van der Waals surface area contributed by atoms with E-state index in [1.165, 1.54) is 0 Å². The van der Waals surface area contributed by atoms with E-state index < -0.39 is 40.2 Å². The van der Waals surface area contributed by atoms with E-state index in [0.29, 0.717) is 10.3 Å². The summed E-state index contributed by atoms with van der Waals surface area (Å²) < 4.78 is 61.0. The van der Waals surface area contributed by atoms with Gasteiger partial charge >= 0.3 is 11.9 Å². The van der Waals surface area contributed by atoms with Gasteiger partial charge in [-0.15, -0.1) is 0 Å². The zero-order valence-corrected chi connectivity index (χ0v) is 17.0. The Hall–Kier alpha value is -3.47. The molecule has 3 rings (SSSR count). The topological polar surface area (TPSA) is 79.2 Å². The molecule has 0 saturated heterocycles. The number of halogens is 4. The van der Waals surface area contributed by atoms with E-state index in [1.807, 2.05) is 0 Å². The Morgan fingerprint density at radius 1 is 1.13 bits per heavy atom. The van der Waals surface area contributed by atoms with Gasteiger partial charge in [0.05, 0.1) is 11.3 Å². The number of benzene rings is 2. The summed E-state index contributed by atoms with van der Waals surface area (Å²) in [6, 6.07) is 10.1. The molecule has 0 saturated carbocycles. The molecule has 0 radical (unpaired) electrons. The highest BCUT2D eigenvalue weighted by molar-refractivity contribution is 7.80. The third-order valence-electron chi connectivity index (χ3n) is 4.49. The van der Waals surface area contributed by atoms with Gasteiger partial charge < -0.3 is 10.5 Å². The molecular weight excluding hydrogens is 438 g/mol. The van der Waals surface area contributed by atoms with Crippen LogP contribution in [0.4, 0.5) is 17.6 Å². The number of hydrogen-bond acceptors (Lipinski definition) is 4. The molecule has 2 aromatic carbocycles. The largest absolute Gasteiger partial charge is 0.457 e. The summed E-state index contributed by atoms with van der Waals surface area (Å²) in [4.78, 5) is 25.0. The zero-order chi connectivity index (χ0) is 23.1.